The number of rotatable bonds is 8. The predicted molar refractivity (Wildman–Crippen MR) is 132 cm³/mol. The third-order valence-corrected chi connectivity index (χ3v) is 6.94. The van der Waals surface area contributed by atoms with E-state index >= 15 is 0 Å². The van der Waals surface area contributed by atoms with Gasteiger partial charge in [-0.25, -0.2) is 18.7 Å². The quantitative estimate of drug-likeness (QED) is 0.495. The van der Waals surface area contributed by atoms with Crippen LogP contribution in [0.4, 0.5) is 14.6 Å². The van der Waals surface area contributed by atoms with Gasteiger partial charge in [-0.05, 0) is 52.7 Å². The van der Waals surface area contributed by atoms with Crippen LogP contribution in [-0.2, 0) is 0 Å². The molecule has 0 aromatic carbocycles. The lowest BCUT2D eigenvalue weighted by Crippen LogP contribution is -2.38. The number of aryl methyl sites for hydroxylation is 1. The number of nitrogens with zero attached hydrogens (tertiary/aromatic N) is 3. The Morgan fingerprint density at radius 3 is 2.63 bits per heavy atom. The summed E-state index contributed by atoms with van der Waals surface area (Å²) in [5.74, 6) is -3.51. The summed E-state index contributed by atoms with van der Waals surface area (Å²) in [6.07, 6.45) is 2.09. The summed E-state index contributed by atoms with van der Waals surface area (Å²) in [7, 11) is 0. The van der Waals surface area contributed by atoms with Crippen LogP contribution in [0.25, 0.3) is 10.4 Å². The SMILES string of the molecule is CC[C@@H](C)Nc1cc(C)c(-c2sc(C(=O)NCC(C)(C)O)nc2C(=O)N2CC(F)(F)C[C@@H]2C)cn1. The van der Waals surface area contributed by atoms with Crippen molar-refractivity contribution >= 4 is 29.0 Å². The lowest BCUT2D eigenvalue weighted by molar-refractivity contribution is 0.0118. The van der Waals surface area contributed by atoms with Crippen molar-refractivity contribution in [2.24, 2.45) is 0 Å². The fourth-order valence-corrected chi connectivity index (χ4v) is 4.81. The zero-order valence-corrected chi connectivity index (χ0v) is 21.7. The van der Waals surface area contributed by atoms with Gasteiger partial charge in [-0.15, -0.1) is 11.3 Å². The molecule has 11 heteroatoms. The summed E-state index contributed by atoms with van der Waals surface area (Å²) < 4.78 is 28.0. The third-order valence-electron chi connectivity index (χ3n) is 5.86. The zero-order valence-electron chi connectivity index (χ0n) is 20.9. The molecule has 0 saturated carbocycles. The first-order chi connectivity index (χ1) is 16.2. The standard InChI is InChI=1S/C24H33F2N5O3S/c1-7-14(3)29-17-8-13(2)16(10-27-17)19-18(22(33)31-12-24(25,26)9-15(31)4)30-21(35-19)20(32)28-11-23(5,6)34/h8,10,14-15,34H,7,9,11-12H2,1-6H3,(H,27,29)(H,28,32)/t14-,15+/m1/s1. The molecule has 2 aromatic rings. The number of likely N-dealkylation sites (tertiary alicyclic amines) is 1. The summed E-state index contributed by atoms with van der Waals surface area (Å²) in [5, 5.41) is 15.8. The molecule has 3 rings (SSSR count). The van der Waals surface area contributed by atoms with E-state index in [1.54, 1.807) is 27.0 Å². The lowest BCUT2D eigenvalue weighted by atomic mass is 10.1. The molecule has 1 fully saturated rings. The van der Waals surface area contributed by atoms with Gasteiger partial charge in [0.25, 0.3) is 17.7 Å². The number of carbonyl (C=O) groups is 2. The number of hydrogen-bond acceptors (Lipinski definition) is 7. The molecule has 2 aromatic heterocycles. The molecular formula is C24H33F2N5O3S. The number of aromatic nitrogens is 2. The molecule has 192 valence electrons. The largest absolute Gasteiger partial charge is 0.389 e. The molecule has 1 saturated heterocycles. The van der Waals surface area contributed by atoms with Crippen molar-refractivity contribution in [1.82, 2.24) is 20.2 Å². The number of pyridine rings is 1. The van der Waals surface area contributed by atoms with Crippen molar-refractivity contribution < 1.29 is 23.5 Å². The van der Waals surface area contributed by atoms with Crippen molar-refractivity contribution in [1.29, 1.82) is 0 Å². The first-order valence-corrected chi connectivity index (χ1v) is 12.5. The summed E-state index contributed by atoms with van der Waals surface area (Å²) in [6.45, 7) is 9.91. The average Bonchev–Trinajstić information content (AvgIpc) is 3.31. The second kappa shape index (κ2) is 10.1. The highest BCUT2D eigenvalue weighted by Gasteiger charge is 2.46. The fraction of sp³-hybridized carbons (Fsp3) is 0.583. The Bertz CT molecular complexity index is 1100. The highest BCUT2D eigenvalue weighted by atomic mass is 32.1. The van der Waals surface area contributed by atoms with Gasteiger partial charge < -0.3 is 20.6 Å². The van der Waals surface area contributed by atoms with Gasteiger partial charge in [0.1, 0.15) is 11.5 Å². The van der Waals surface area contributed by atoms with Crippen LogP contribution in [0.2, 0.25) is 0 Å². The summed E-state index contributed by atoms with van der Waals surface area (Å²) >= 11 is 0.998. The van der Waals surface area contributed by atoms with Crippen LogP contribution >= 0.6 is 11.3 Å². The maximum absolute atomic E-state index is 14.0. The highest BCUT2D eigenvalue weighted by molar-refractivity contribution is 7.17. The van der Waals surface area contributed by atoms with E-state index in [0.29, 0.717) is 16.3 Å². The van der Waals surface area contributed by atoms with Crippen molar-refractivity contribution in [3.63, 3.8) is 0 Å². The van der Waals surface area contributed by atoms with Crippen LogP contribution in [0, 0.1) is 6.92 Å². The molecule has 3 N–H and O–H groups in total. The van der Waals surface area contributed by atoms with Gasteiger partial charge in [-0.1, -0.05) is 6.92 Å². The average molecular weight is 510 g/mol. The normalized spacial score (nSPS) is 18.4. The molecule has 2 amide bonds. The Labute approximate surface area is 208 Å². The minimum absolute atomic E-state index is 0.00687. The van der Waals surface area contributed by atoms with Crippen LogP contribution in [0.3, 0.4) is 0 Å². The number of amides is 2. The number of thiazole rings is 1. The van der Waals surface area contributed by atoms with E-state index in [4.69, 9.17) is 0 Å². The maximum Gasteiger partial charge on any atom is 0.280 e. The molecule has 0 aliphatic carbocycles. The molecule has 2 atom stereocenters. The van der Waals surface area contributed by atoms with Crippen molar-refractivity contribution in [2.75, 3.05) is 18.4 Å². The lowest BCUT2D eigenvalue weighted by Gasteiger charge is -2.20. The van der Waals surface area contributed by atoms with Crippen LogP contribution < -0.4 is 10.6 Å². The second-order valence-electron chi connectivity index (χ2n) is 9.87. The Balaban J connectivity index is 2.01. The summed E-state index contributed by atoms with van der Waals surface area (Å²) in [6, 6.07) is 1.40. The second-order valence-corrected chi connectivity index (χ2v) is 10.9. The van der Waals surface area contributed by atoms with E-state index < -0.39 is 42.3 Å². The number of nitrogens with one attached hydrogen (secondary N) is 2. The first-order valence-electron chi connectivity index (χ1n) is 11.6. The Morgan fingerprint density at radius 1 is 1.40 bits per heavy atom. The zero-order chi connectivity index (χ0) is 26.1. The fourth-order valence-electron chi connectivity index (χ4n) is 3.76. The summed E-state index contributed by atoms with van der Waals surface area (Å²) in [5.41, 5.74) is 0.206. The number of halogens is 2. The number of alkyl halides is 2. The van der Waals surface area contributed by atoms with Crippen LogP contribution in [0.5, 0.6) is 0 Å². The van der Waals surface area contributed by atoms with Crippen LogP contribution in [0.15, 0.2) is 12.3 Å². The molecular weight excluding hydrogens is 476 g/mol. The first kappa shape index (κ1) is 26.9. The van der Waals surface area contributed by atoms with E-state index in [2.05, 4.69) is 27.5 Å². The Hall–Kier alpha value is -2.66. The predicted octanol–water partition coefficient (Wildman–Crippen LogP) is 4.09. The molecule has 1 aliphatic heterocycles. The molecule has 0 bridgehead atoms. The van der Waals surface area contributed by atoms with Crippen molar-refractivity contribution in [2.45, 2.75) is 78.0 Å². The number of aliphatic hydroxyl groups is 1. The van der Waals surface area contributed by atoms with E-state index in [1.165, 1.54) is 0 Å². The van der Waals surface area contributed by atoms with Gasteiger partial charge in [-0.2, -0.15) is 0 Å². The molecule has 0 unspecified atom stereocenters. The van der Waals surface area contributed by atoms with Gasteiger partial charge in [0, 0.05) is 36.8 Å². The van der Waals surface area contributed by atoms with Crippen molar-refractivity contribution in [3.8, 4) is 10.4 Å². The highest BCUT2D eigenvalue weighted by Crippen LogP contribution is 2.37. The smallest absolute Gasteiger partial charge is 0.280 e. The minimum atomic E-state index is -2.97. The minimum Gasteiger partial charge on any atom is -0.389 e. The Morgan fingerprint density at radius 2 is 2.09 bits per heavy atom. The molecule has 0 spiro atoms. The molecule has 35 heavy (non-hydrogen) atoms. The molecule has 0 radical (unpaired) electrons. The Kier molecular flexibility index (Phi) is 7.80. The monoisotopic (exact) mass is 509 g/mol. The number of hydrogen-bond donors (Lipinski definition) is 3. The summed E-state index contributed by atoms with van der Waals surface area (Å²) in [4.78, 5) is 36.4. The van der Waals surface area contributed by atoms with Gasteiger partial charge in [-0.3, -0.25) is 9.59 Å². The topological polar surface area (TPSA) is 107 Å². The molecule has 3 heterocycles. The number of anilines is 1. The van der Waals surface area contributed by atoms with E-state index in [9.17, 15) is 23.5 Å². The van der Waals surface area contributed by atoms with Gasteiger partial charge in [0.15, 0.2) is 5.01 Å². The van der Waals surface area contributed by atoms with E-state index in [0.717, 1.165) is 28.2 Å². The van der Waals surface area contributed by atoms with Crippen molar-refractivity contribution in [3.05, 3.63) is 28.5 Å². The van der Waals surface area contributed by atoms with E-state index in [1.807, 2.05) is 19.9 Å². The molecule has 1 aliphatic rings. The maximum atomic E-state index is 14.0. The molecule has 8 nitrogen and oxygen atoms in total. The van der Waals surface area contributed by atoms with E-state index in [-0.39, 0.29) is 23.3 Å². The van der Waals surface area contributed by atoms with Gasteiger partial charge >= 0.3 is 0 Å². The van der Waals surface area contributed by atoms with Gasteiger partial charge in [0.05, 0.1) is 17.0 Å². The number of carbonyl (C=O) groups excluding carboxylic acids is 2. The van der Waals surface area contributed by atoms with Gasteiger partial charge in [0.2, 0.25) is 0 Å². The van der Waals surface area contributed by atoms with Crippen LogP contribution in [0.1, 0.15) is 73.3 Å². The third kappa shape index (κ3) is 6.52. The van der Waals surface area contributed by atoms with Crippen LogP contribution in [-0.4, -0.2) is 68.5 Å².